The molecule has 0 radical (unpaired) electrons. The van der Waals surface area contributed by atoms with Gasteiger partial charge in [-0.15, -0.1) is 0 Å². The smallest absolute Gasteiger partial charge is 0.338 e. The predicted molar refractivity (Wildman–Crippen MR) is 74.7 cm³/mol. The third-order valence-electron chi connectivity index (χ3n) is 2.40. The number of hydrogen-bond acceptors (Lipinski definition) is 5. The van der Waals surface area contributed by atoms with E-state index in [0.29, 0.717) is 18.7 Å². The molecule has 1 rings (SSSR count). The maximum Gasteiger partial charge on any atom is 0.338 e. The lowest BCUT2D eigenvalue weighted by molar-refractivity contribution is -0.123. The van der Waals surface area contributed by atoms with Crippen LogP contribution in [0.3, 0.4) is 0 Å². The number of urea groups is 1. The lowest BCUT2D eigenvalue weighted by Gasteiger charge is -2.07. The lowest BCUT2D eigenvalue weighted by atomic mass is 10.1. The molecule has 0 aliphatic carbocycles. The van der Waals surface area contributed by atoms with Gasteiger partial charge in [0.25, 0.3) is 5.91 Å². The number of ether oxygens (including phenoxy) is 2. The first-order valence-electron chi connectivity index (χ1n) is 6.39. The molecule has 7 nitrogen and oxygen atoms in total. The molecule has 0 heterocycles. The second kappa shape index (κ2) is 8.70. The van der Waals surface area contributed by atoms with Crippen LogP contribution in [0.2, 0.25) is 0 Å². The molecule has 0 fully saturated rings. The second-order valence-corrected chi connectivity index (χ2v) is 4.12. The van der Waals surface area contributed by atoms with Gasteiger partial charge < -0.3 is 14.8 Å². The number of benzene rings is 1. The molecule has 0 aliphatic rings. The number of rotatable bonds is 6. The summed E-state index contributed by atoms with van der Waals surface area (Å²) in [6.45, 7) is 1.96. The maximum atomic E-state index is 11.8. The minimum Gasteiger partial charge on any atom is -0.452 e. The van der Waals surface area contributed by atoms with Gasteiger partial charge in [0.2, 0.25) is 0 Å². The number of methoxy groups -OCH3 is 1. The quantitative estimate of drug-likeness (QED) is 0.758. The summed E-state index contributed by atoms with van der Waals surface area (Å²) < 4.78 is 9.80. The van der Waals surface area contributed by atoms with E-state index < -0.39 is 24.5 Å². The molecule has 0 saturated heterocycles. The fourth-order valence-corrected chi connectivity index (χ4v) is 1.54. The Kier molecular flexibility index (Phi) is 6.90. The van der Waals surface area contributed by atoms with Crippen LogP contribution >= 0.6 is 0 Å². The Bertz CT molecular complexity index is 516. The number of imide groups is 1. The summed E-state index contributed by atoms with van der Waals surface area (Å²) in [6, 6.07) is 6.07. The Morgan fingerprint density at radius 2 is 2.00 bits per heavy atom. The van der Waals surface area contributed by atoms with E-state index in [1.165, 1.54) is 0 Å². The van der Waals surface area contributed by atoms with E-state index in [1.54, 1.807) is 32.2 Å². The molecule has 0 saturated carbocycles. The van der Waals surface area contributed by atoms with E-state index in [9.17, 15) is 14.4 Å². The number of carbonyl (C=O) groups is 3. The van der Waals surface area contributed by atoms with Crippen molar-refractivity contribution in [2.75, 3.05) is 20.3 Å². The average Bonchev–Trinajstić information content (AvgIpc) is 2.45. The molecule has 3 amide bonds. The van der Waals surface area contributed by atoms with E-state index >= 15 is 0 Å². The highest BCUT2D eigenvalue weighted by atomic mass is 16.5. The fourth-order valence-electron chi connectivity index (χ4n) is 1.54. The summed E-state index contributed by atoms with van der Waals surface area (Å²) in [5, 5.41) is 4.43. The monoisotopic (exact) mass is 294 g/mol. The Labute approximate surface area is 122 Å². The normalized spacial score (nSPS) is 9.81. The summed E-state index contributed by atoms with van der Waals surface area (Å²) in [7, 11) is 1.55. The van der Waals surface area contributed by atoms with Crippen LogP contribution in [0, 0.1) is 0 Å². The van der Waals surface area contributed by atoms with Crippen LogP contribution in [0.5, 0.6) is 0 Å². The van der Waals surface area contributed by atoms with Crippen LogP contribution in [0.15, 0.2) is 24.3 Å². The van der Waals surface area contributed by atoms with Gasteiger partial charge in [-0.25, -0.2) is 9.59 Å². The number of esters is 1. The highest BCUT2D eigenvalue weighted by Crippen LogP contribution is 2.07. The first-order chi connectivity index (χ1) is 10.1. The molecule has 2 N–H and O–H groups in total. The maximum absolute atomic E-state index is 11.8. The lowest BCUT2D eigenvalue weighted by Crippen LogP contribution is -2.41. The summed E-state index contributed by atoms with van der Waals surface area (Å²) in [4.78, 5) is 34.2. The summed E-state index contributed by atoms with van der Waals surface area (Å²) >= 11 is 0. The average molecular weight is 294 g/mol. The molecule has 0 bridgehead atoms. The zero-order valence-electron chi connectivity index (χ0n) is 12.0. The van der Waals surface area contributed by atoms with Crippen molar-refractivity contribution in [1.82, 2.24) is 10.6 Å². The van der Waals surface area contributed by atoms with Crippen LogP contribution in [-0.4, -0.2) is 38.2 Å². The first-order valence-corrected chi connectivity index (χ1v) is 6.39. The number of hydrogen-bond donors (Lipinski definition) is 2. The van der Waals surface area contributed by atoms with Gasteiger partial charge in [-0.2, -0.15) is 0 Å². The van der Waals surface area contributed by atoms with Gasteiger partial charge in [0.05, 0.1) is 12.2 Å². The molecule has 21 heavy (non-hydrogen) atoms. The Morgan fingerprint density at radius 3 is 2.67 bits per heavy atom. The largest absolute Gasteiger partial charge is 0.452 e. The van der Waals surface area contributed by atoms with Crippen LogP contribution in [0.4, 0.5) is 4.79 Å². The van der Waals surface area contributed by atoms with E-state index in [2.05, 4.69) is 5.32 Å². The third-order valence-corrected chi connectivity index (χ3v) is 2.40. The molecule has 0 atom stereocenters. The van der Waals surface area contributed by atoms with Gasteiger partial charge in [-0.1, -0.05) is 12.1 Å². The van der Waals surface area contributed by atoms with Crippen LogP contribution in [0.25, 0.3) is 0 Å². The molecule has 1 aromatic rings. The molecule has 0 aromatic heterocycles. The third kappa shape index (κ3) is 6.05. The van der Waals surface area contributed by atoms with Crippen molar-refractivity contribution in [2.45, 2.75) is 13.5 Å². The van der Waals surface area contributed by atoms with Crippen molar-refractivity contribution in [1.29, 1.82) is 0 Å². The minimum absolute atomic E-state index is 0.315. The van der Waals surface area contributed by atoms with Gasteiger partial charge in [0, 0.05) is 13.7 Å². The van der Waals surface area contributed by atoms with Crippen molar-refractivity contribution in [3.05, 3.63) is 35.4 Å². The van der Waals surface area contributed by atoms with Crippen molar-refractivity contribution >= 4 is 17.9 Å². The van der Waals surface area contributed by atoms with Crippen molar-refractivity contribution in [2.24, 2.45) is 0 Å². The highest BCUT2D eigenvalue weighted by Gasteiger charge is 2.12. The molecule has 0 unspecified atom stereocenters. The highest BCUT2D eigenvalue weighted by molar-refractivity contribution is 5.97. The number of carbonyl (C=O) groups excluding carboxylic acids is 3. The van der Waals surface area contributed by atoms with E-state index in [-0.39, 0.29) is 0 Å². The van der Waals surface area contributed by atoms with E-state index in [0.717, 1.165) is 5.56 Å². The summed E-state index contributed by atoms with van der Waals surface area (Å²) in [5.41, 5.74) is 1.13. The van der Waals surface area contributed by atoms with Gasteiger partial charge in [0.1, 0.15) is 0 Å². The fraction of sp³-hybridized carbons (Fsp3) is 0.357. The molecule has 114 valence electrons. The molecule has 1 aromatic carbocycles. The van der Waals surface area contributed by atoms with E-state index in [1.807, 2.05) is 11.4 Å². The van der Waals surface area contributed by atoms with E-state index in [4.69, 9.17) is 9.47 Å². The summed E-state index contributed by atoms with van der Waals surface area (Å²) in [5.74, 6) is -1.33. The molecule has 7 heteroatoms. The second-order valence-electron chi connectivity index (χ2n) is 4.12. The van der Waals surface area contributed by atoms with Gasteiger partial charge in [-0.05, 0) is 24.6 Å². The molecular weight excluding hydrogens is 276 g/mol. The molecule has 0 aliphatic heterocycles. The van der Waals surface area contributed by atoms with Crippen molar-refractivity contribution < 1.29 is 23.9 Å². The minimum atomic E-state index is -0.692. The number of nitrogens with one attached hydrogen (secondary N) is 2. The first kappa shape index (κ1) is 16.6. The van der Waals surface area contributed by atoms with Gasteiger partial charge >= 0.3 is 12.0 Å². The predicted octanol–water partition coefficient (Wildman–Crippen LogP) is 0.835. The Morgan fingerprint density at radius 1 is 1.24 bits per heavy atom. The Hall–Kier alpha value is -2.41. The molecule has 0 spiro atoms. The standard InChI is InChI=1S/C14H18N2O5/c1-3-15-14(19)16-12(17)9-21-13(18)11-6-4-5-10(7-11)8-20-2/h4-7H,3,8-9H2,1-2H3,(H2,15,16,17,19). The topological polar surface area (TPSA) is 93.7 Å². The zero-order valence-corrected chi connectivity index (χ0v) is 12.0. The number of amides is 3. The van der Waals surface area contributed by atoms with Crippen LogP contribution in [0.1, 0.15) is 22.8 Å². The van der Waals surface area contributed by atoms with Crippen LogP contribution in [-0.2, 0) is 20.9 Å². The van der Waals surface area contributed by atoms with Gasteiger partial charge in [0.15, 0.2) is 6.61 Å². The molecular formula is C14H18N2O5. The zero-order chi connectivity index (χ0) is 15.7. The van der Waals surface area contributed by atoms with Crippen molar-refractivity contribution in [3.63, 3.8) is 0 Å². The Balaban J connectivity index is 2.48. The SMILES string of the molecule is CCNC(=O)NC(=O)COC(=O)c1cccc(COC)c1. The van der Waals surface area contributed by atoms with Gasteiger partial charge in [-0.3, -0.25) is 10.1 Å². The van der Waals surface area contributed by atoms with Crippen molar-refractivity contribution in [3.8, 4) is 0 Å². The van der Waals surface area contributed by atoms with Crippen LogP contribution < -0.4 is 10.6 Å². The summed E-state index contributed by atoms with van der Waals surface area (Å²) in [6.07, 6.45) is 0.